The van der Waals surface area contributed by atoms with Gasteiger partial charge >= 0.3 is 6.18 Å². The van der Waals surface area contributed by atoms with Crippen LogP contribution in [-0.2, 0) is 13.2 Å². The monoisotopic (exact) mass is 311 g/mol. The van der Waals surface area contributed by atoms with E-state index in [-0.39, 0.29) is 11.5 Å². The Hall–Kier alpha value is -2.31. The quantitative estimate of drug-likeness (QED) is 0.854. The first-order valence-corrected chi connectivity index (χ1v) is 6.55. The van der Waals surface area contributed by atoms with E-state index in [0.717, 1.165) is 0 Å². The smallest absolute Gasteiger partial charge is 0.345 e. The molecule has 0 fully saturated rings. The first-order chi connectivity index (χ1) is 10.1. The summed E-state index contributed by atoms with van der Waals surface area (Å²) in [6, 6.07) is 6.15. The van der Waals surface area contributed by atoms with Gasteiger partial charge in [-0.25, -0.2) is 0 Å². The van der Waals surface area contributed by atoms with E-state index < -0.39 is 11.9 Å². The molecular formula is C15H16F3N3O. The highest BCUT2D eigenvalue weighted by Crippen LogP contribution is 2.38. The average molecular weight is 311 g/mol. The lowest BCUT2D eigenvalue weighted by Crippen LogP contribution is -2.21. The summed E-state index contributed by atoms with van der Waals surface area (Å²) in [5.41, 5.74) is 0.108. The zero-order valence-corrected chi connectivity index (χ0v) is 12.7. The molecule has 0 N–H and O–H groups in total. The Labute approximate surface area is 126 Å². The Kier molecular flexibility index (Phi) is 4.00. The van der Waals surface area contributed by atoms with E-state index in [0.29, 0.717) is 16.8 Å². The fraction of sp³-hybridized carbons (Fsp3) is 0.333. The Morgan fingerprint density at radius 3 is 2.45 bits per heavy atom. The molecule has 7 heteroatoms. The van der Waals surface area contributed by atoms with E-state index in [4.69, 9.17) is 0 Å². The third-order valence-corrected chi connectivity index (χ3v) is 3.41. The van der Waals surface area contributed by atoms with Gasteiger partial charge in [-0.2, -0.15) is 18.3 Å². The van der Waals surface area contributed by atoms with Crippen LogP contribution in [0.4, 0.5) is 13.2 Å². The molecule has 2 aromatic rings. The van der Waals surface area contributed by atoms with Crippen LogP contribution in [0.5, 0.6) is 0 Å². The fourth-order valence-electron chi connectivity index (χ4n) is 2.22. The lowest BCUT2D eigenvalue weighted by molar-refractivity contribution is -0.140. The lowest BCUT2D eigenvalue weighted by atomic mass is 10.0. The number of aromatic nitrogens is 2. The minimum absolute atomic E-state index is 0.00315. The van der Waals surface area contributed by atoms with E-state index in [2.05, 4.69) is 5.10 Å². The zero-order valence-electron chi connectivity index (χ0n) is 12.7. The predicted octanol–water partition coefficient (Wildman–Crippen LogP) is 3.12. The van der Waals surface area contributed by atoms with Gasteiger partial charge in [0.1, 0.15) is 0 Å². The van der Waals surface area contributed by atoms with Gasteiger partial charge in [-0.15, -0.1) is 0 Å². The van der Waals surface area contributed by atoms with Gasteiger partial charge < -0.3 is 4.90 Å². The summed E-state index contributed by atoms with van der Waals surface area (Å²) >= 11 is 0. The number of halogens is 3. The van der Waals surface area contributed by atoms with Crippen LogP contribution in [0.1, 0.15) is 21.7 Å². The normalized spacial score (nSPS) is 11.6. The summed E-state index contributed by atoms with van der Waals surface area (Å²) in [7, 11) is 4.64. The van der Waals surface area contributed by atoms with Crippen molar-refractivity contribution in [2.45, 2.75) is 13.1 Å². The van der Waals surface area contributed by atoms with Crippen LogP contribution < -0.4 is 0 Å². The van der Waals surface area contributed by atoms with Crippen LogP contribution in [-0.4, -0.2) is 34.7 Å². The molecule has 2 rings (SSSR count). The van der Waals surface area contributed by atoms with Crippen molar-refractivity contribution in [2.24, 2.45) is 7.05 Å². The molecular weight excluding hydrogens is 295 g/mol. The molecule has 1 heterocycles. The Morgan fingerprint density at radius 2 is 1.91 bits per heavy atom. The number of hydrogen-bond donors (Lipinski definition) is 0. The summed E-state index contributed by atoms with van der Waals surface area (Å²) in [5.74, 6) is -0.267. The summed E-state index contributed by atoms with van der Waals surface area (Å²) in [4.78, 5) is 13.4. The van der Waals surface area contributed by atoms with Crippen LogP contribution in [0.15, 0.2) is 24.3 Å². The average Bonchev–Trinajstić information content (AvgIpc) is 2.74. The van der Waals surface area contributed by atoms with Crippen molar-refractivity contribution in [3.8, 4) is 11.1 Å². The number of hydrogen-bond acceptors (Lipinski definition) is 2. The first-order valence-electron chi connectivity index (χ1n) is 6.55. The second kappa shape index (κ2) is 5.47. The lowest BCUT2D eigenvalue weighted by Gasteiger charge is -2.12. The van der Waals surface area contributed by atoms with Gasteiger partial charge in [0.25, 0.3) is 5.91 Å². The van der Waals surface area contributed by atoms with Gasteiger partial charge in [0.05, 0.1) is 0 Å². The van der Waals surface area contributed by atoms with Gasteiger partial charge in [0, 0.05) is 38.0 Å². The number of rotatable bonds is 2. The highest BCUT2D eigenvalue weighted by Gasteiger charge is 2.38. The van der Waals surface area contributed by atoms with E-state index >= 15 is 0 Å². The first kappa shape index (κ1) is 16.1. The van der Waals surface area contributed by atoms with Gasteiger partial charge in [-0.1, -0.05) is 12.1 Å². The van der Waals surface area contributed by atoms with Crippen LogP contribution in [0.2, 0.25) is 0 Å². The van der Waals surface area contributed by atoms with E-state index in [1.807, 2.05) is 0 Å². The molecule has 0 spiro atoms. The highest BCUT2D eigenvalue weighted by atomic mass is 19.4. The molecule has 0 bridgehead atoms. The van der Waals surface area contributed by atoms with E-state index in [1.165, 1.54) is 22.7 Å². The molecule has 0 saturated heterocycles. The maximum Gasteiger partial charge on any atom is 0.435 e. The standard InChI is InChI=1S/C15H16F3N3O/c1-9-12(13(15(16,17)18)19-21(9)4)10-6-5-7-11(8-10)14(22)20(2)3/h5-8H,1-4H3. The molecule has 1 amide bonds. The van der Waals surface area contributed by atoms with Crippen molar-refractivity contribution in [1.82, 2.24) is 14.7 Å². The number of benzene rings is 1. The molecule has 0 atom stereocenters. The fourth-order valence-corrected chi connectivity index (χ4v) is 2.22. The van der Waals surface area contributed by atoms with Gasteiger partial charge in [0.15, 0.2) is 5.69 Å². The largest absolute Gasteiger partial charge is 0.435 e. The van der Waals surface area contributed by atoms with Crippen molar-refractivity contribution in [1.29, 1.82) is 0 Å². The van der Waals surface area contributed by atoms with Crippen LogP contribution in [0, 0.1) is 6.92 Å². The molecule has 22 heavy (non-hydrogen) atoms. The van der Waals surface area contributed by atoms with Crippen LogP contribution in [0.25, 0.3) is 11.1 Å². The summed E-state index contributed by atoms with van der Waals surface area (Å²) < 4.78 is 40.7. The van der Waals surface area contributed by atoms with Crippen LogP contribution >= 0.6 is 0 Å². The van der Waals surface area contributed by atoms with Crippen molar-refractivity contribution in [3.63, 3.8) is 0 Å². The Balaban J connectivity index is 2.63. The number of carbonyl (C=O) groups is 1. The minimum atomic E-state index is -4.55. The molecule has 0 saturated carbocycles. The molecule has 0 aliphatic heterocycles. The third-order valence-electron chi connectivity index (χ3n) is 3.41. The third kappa shape index (κ3) is 2.84. The Morgan fingerprint density at radius 1 is 1.27 bits per heavy atom. The van der Waals surface area contributed by atoms with Crippen molar-refractivity contribution in [3.05, 3.63) is 41.2 Å². The molecule has 1 aromatic heterocycles. The maximum absolute atomic E-state index is 13.2. The molecule has 0 radical (unpaired) electrons. The van der Waals surface area contributed by atoms with E-state index in [9.17, 15) is 18.0 Å². The Bertz CT molecular complexity index is 717. The second-order valence-corrected chi connectivity index (χ2v) is 5.21. The number of carbonyl (C=O) groups excluding carboxylic acids is 1. The zero-order chi connectivity index (χ0) is 16.7. The molecule has 4 nitrogen and oxygen atoms in total. The molecule has 0 aliphatic rings. The minimum Gasteiger partial charge on any atom is -0.345 e. The maximum atomic E-state index is 13.2. The predicted molar refractivity (Wildman–Crippen MR) is 76.4 cm³/mol. The summed E-state index contributed by atoms with van der Waals surface area (Å²) in [6.45, 7) is 1.57. The summed E-state index contributed by atoms with van der Waals surface area (Å²) in [5, 5.41) is 3.56. The number of aryl methyl sites for hydroxylation is 1. The van der Waals surface area contributed by atoms with Crippen LogP contribution in [0.3, 0.4) is 0 Å². The van der Waals surface area contributed by atoms with Gasteiger partial charge in [-0.3, -0.25) is 9.48 Å². The number of amides is 1. The van der Waals surface area contributed by atoms with Gasteiger partial charge in [-0.05, 0) is 24.6 Å². The van der Waals surface area contributed by atoms with Crippen molar-refractivity contribution in [2.75, 3.05) is 14.1 Å². The van der Waals surface area contributed by atoms with Crippen molar-refractivity contribution < 1.29 is 18.0 Å². The molecule has 1 aromatic carbocycles. The van der Waals surface area contributed by atoms with Crippen molar-refractivity contribution >= 4 is 5.91 Å². The SMILES string of the molecule is Cc1c(-c2cccc(C(=O)N(C)C)c2)c(C(F)(F)F)nn1C. The topological polar surface area (TPSA) is 38.1 Å². The van der Waals surface area contributed by atoms with Gasteiger partial charge in [0.2, 0.25) is 0 Å². The van der Waals surface area contributed by atoms with E-state index in [1.54, 1.807) is 39.2 Å². The number of nitrogens with zero attached hydrogens (tertiary/aromatic N) is 3. The molecule has 118 valence electrons. The summed E-state index contributed by atoms with van der Waals surface area (Å²) in [6.07, 6.45) is -4.55. The number of alkyl halides is 3. The highest BCUT2D eigenvalue weighted by molar-refractivity contribution is 5.95. The molecule has 0 aliphatic carbocycles. The molecule has 0 unspecified atom stereocenters. The second-order valence-electron chi connectivity index (χ2n) is 5.21.